The number of anilines is 2. The van der Waals surface area contributed by atoms with Crippen LogP contribution < -0.4 is 15.5 Å². The van der Waals surface area contributed by atoms with E-state index in [9.17, 15) is 19.7 Å². The number of aryl methyl sites for hydroxylation is 1. The molecule has 2 amide bonds. The summed E-state index contributed by atoms with van der Waals surface area (Å²) >= 11 is 0. The molecule has 0 unspecified atom stereocenters. The number of hydrogen-bond donors (Lipinski definition) is 2. The average Bonchev–Trinajstić information content (AvgIpc) is 3.13. The Labute approximate surface area is 169 Å². The van der Waals surface area contributed by atoms with Gasteiger partial charge in [0.05, 0.1) is 10.8 Å². The number of carbonyl (C=O) groups excluding carboxylic acids is 2. The Morgan fingerprint density at radius 3 is 2.45 bits per heavy atom. The number of amides is 2. The Morgan fingerprint density at radius 1 is 1.14 bits per heavy atom. The topological polar surface area (TPSA) is 105 Å². The Kier molecular flexibility index (Phi) is 6.43. The van der Waals surface area contributed by atoms with E-state index in [1.54, 1.807) is 17.0 Å². The van der Waals surface area contributed by atoms with Gasteiger partial charge in [-0.15, -0.1) is 0 Å². The molecule has 0 spiro atoms. The fraction of sp³-hybridized carbons (Fsp3) is 0.333. The SMILES string of the molecule is CCc1ccc(N2C[C@H](C(=O)NCCNc3ccc([N+](=O)[O-])cc3)CC2=O)cc1. The quantitative estimate of drug-likeness (QED) is 0.406. The fourth-order valence-corrected chi connectivity index (χ4v) is 3.28. The number of nitrogens with zero attached hydrogens (tertiary/aromatic N) is 2. The van der Waals surface area contributed by atoms with Crippen molar-refractivity contribution in [2.75, 3.05) is 29.9 Å². The first kappa shape index (κ1) is 20.3. The lowest BCUT2D eigenvalue weighted by atomic mass is 10.1. The molecule has 29 heavy (non-hydrogen) atoms. The van der Waals surface area contributed by atoms with Crippen molar-refractivity contribution in [2.24, 2.45) is 5.92 Å². The standard InChI is InChI=1S/C21H24N4O4/c1-2-15-3-7-18(8-4-15)24-14-16(13-20(24)26)21(27)23-12-11-22-17-5-9-19(10-6-17)25(28)29/h3-10,16,22H,2,11-14H2,1H3,(H,23,27)/t16-/m1/s1. The number of nitrogens with one attached hydrogen (secondary N) is 2. The molecule has 8 heteroatoms. The zero-order valence-corrected chi connectivity index (χ0v) is 16.3. The third-order valence-electron chi connectivity index (χ3n) is 4.98. The summed E-state index contributed by atoms with van der Waals surface area (Å²) in [5.41, 5.74) is 2.80. The van der Waals surface area contributed by atoms with Crippen LogP contribution in [0.5, 0.6) is 0 Å². The van der Waals surface area contributed by atoms with Gasteiger partial charge in [0.1, 0.15) is 0 Å². The maximum Gasteiger partial charge on any atom is 0.269 e. The summed E-state index contributed by atoms with van der Waals surface area (Å²) in [4.78, 5) is 36.6. The molecule has 8 nitrogen and oxygen atoms in total. The number of non-ortho nitro benzene ring substituents is 1. The molecule has 3 rings (SSSR count). The van der Waals surface area contributed by atoms with Crippen LogP contribution in [0.1, 0.15) is 18.9 Å². The Morgan fingerprint density at radius 2 is 1.83 bits per heavy atom. The van der Waals surface area contributed by atoms with E-state index in [4.69, 9.17) is 0 Å². The smallest absolute Gasteiger partial charge is 0.269 e. The second kappa shape index (κ2) is 9.18. The first-order valence-electron chi connectivity index (χ1n) is 9.63. The summed E-state index contributed by atoms with van der Waals surface area (Å²) in [5.74, 6) is -0.553. The van der Waals surface area contributed by atoms with Crippen LogP contribution in [0.15, 0.2) is 48.5 Å². The van der Waals surface area contributed by atoms with Gasteiger partial charge in [0.25, 0.3) is 5.69 Å². The normalized spacial score (nSPS) is 16.0. The molecule has 2 aromatic rings. The summed E-state index contributed by atoms with van der Waals surface area (Å²) in [6.45, 7) is 3.33. The molecule has 1 saturated heterocycles. The van der Waals surface area contributed by atoms with Crippen molar-refractivity contribution in [3.8, 4) is 0 Å². The number of rotatable bonds is 8. The van der Waals surface area contributed by atoms with Crippen LogP contribution in [0.25, 0.3) is 0 Å². The van der Waals surface area contributed by atoms with Crippen LogP contribution in [-0.4, -0.2) is 36.4 Å². The molecule has 0 radical (unpaired) electrons. The number of hydrogen-bond acceptors (Lipinski definition) is 5. The van der Waals surface area contributed by atoms with Gasteiger partial charge in [0.15, 0.2) is 0 Å². The maximum absolute atomic E-state index is 12.4. The van der Waals surface area contributed by atoms with Gasteiger partial charge in [-0.05, 0) is 36.2 Å². The molecular formula is C21H24N4O4. The summed E-state index contributed by atoms with van der Waals surface area (Å²) in [6, 6.07) is 13.9. The van der Waals surface area contributed by atoms with Gasteiger partial charge >= 0.3 is 0 Å². The van der Waals surface area contributed by atoms with E-state index in [0.29, 0.717) is 19.6 Å². The summed E-state index contributed by atoms with van der Waals surface area (Å²) < 4.78 is 0. The highest BCUT2D eigenvalue weighted by atomic mass is 16.6. The summed E-state index contributed by atoms with van der Waals surface area (Å²) in [7, 11) is 0. The molecule has 1 aliphatic heterocycles. The molecule has 0 saturated carbocycles. The molecule has 1 atom stereocenters. The predicted molar refractivity (Wildman–Crippen MR) is 111 cm³/mol. The van der Waals surface area contributed by atoms with Gasteiger partial charge in [0.2, 0.25) is 11.8 Å². The third-order valence-corrected chi connectivity index (χ3v) is 4.98. The minimum Gasteiger partial charge on any atom is -0.383 e. The van der Waals surface area contributed by atoms with Crippen LogP contribution in [0.4, 0.5) is 17.1 Å². The minimum absolute atomic E-state index is 0.0311. The third kappa shape index (κ3) is 5.10. The van der Waals surface area contributed by atoms with E-state index in [1.165, 1.54) is 17.7 Å². The molecule has 152 valence electrons. The van der Waals surface area contributed by atoms with Crippen LogP contribution in [0, 0.1) is 16.0 Å². The first-order chi connectivity index (χ1) is 14.0. The molecule has 0 bridgehead atoms. The Hall–Kier alpha value is -3.42. The molecule has 0 aromatic heterocycles. The van der Waals surface area contributed by atoms with E-state index in [1.807, 2.05) is 24.3 Å². The lowest BCUT2D eigenvalue weighted by Crippen LogP contribution is -2.35. The van der Waals surface area contributed by atoms with Crippen molar-refractivity contribution in [3.63, 3.8) is 0 Å². The van der Waals surface area contributed by atoms with Gasteiger partial charge in [0, 0.05) is 49.6 Å². The molecule has 0 aliphatic carbocycles. The minimum atomic E-state index is -0.450. The second-order valence-electron chi connectivity index (χ2n) is 6.95. The number of nitro benzene ring substituents is 1. The molecule has 2 aromatic carbocycles. The van der Waals surface area contributed by atoms with Crippen molar-refractivity contribution >= 4 is 28.9 Å². The van der Waals surface area contributed by atoms with Gasteiger partial charge < -0.3 is 15.5 Å². The molecule has 1 heterocycles. The highest BCUT2D eigenvalue weighted by Gasteiger charge is 2.34. The van der Waals surface area contributed by atoms with Crippen LogP contribution >= 0.6 is 0 Å². The van der Waals surface area contributed by atoms with E-state index >= 15 is 0 Å². The first-order valence-corrected chi connectivity index (χ1v) is 9.63. The van der Waals surface area contributed by atoms with Crippen molar-refractivity contribution in [2.45, 2.75) is 19.8 Å². The van der Waals surface area contributed by atoms with Crippen molar-refractivity contribution in [1.29, 1.82) is 0 Å². The number of nitro groups is 1. The molecular weight excluding hydrogens is 372 g/mol. The fourth-order valence-electron chi connectivity index (χ4n) is 3.28. The van der Waals surface area contributed by atoms with Crippen LogP contribution in [-0.2, 0) is 16.0 Å². The van der Waals surface area contributed by atoms with E-state index in [2.05, 4.69) is 17.6 Å². The molecule has 2 N–H and O–H groups in total. The maximum atomic E-state index is 12.4. The highest BCUT2D eigenvalue weighted by molar-refractivity contribution is 6.00. The zero-order chi connectivity index (χ0) is 20.8. The number of carbonyl (C=O) groups is 2. The lowest BCUT2D eigenvalue weighted by molar-refractivity contribution is -0.384. The second-order valence-corrected chi connectivity index (χ2v) is 6.95. The Balaban J connectivity index is 1.44. The van der Waals surface area contributed by atoms with Gasteiger partial charge in [-0.2, -0.15) is 0 Å². The van der Waals surface area contributed by atoms with Gasteiger partial charge in [-0.25, -0.2) is 0 Å². The van der Waals surface area contributed by atoms with E-state index in [-0.39, 0.29) is 29.8 Å². The number of benzene rings is 2. The lowest BCUT2D eigenvalue weighted by Gasteiger charge is -2.17. The molecule has 1 fully saturated rings. The van der Waals surface area contributed by atoms with Crippen molar-refractivity contribution < 1.29 is 14.5 Å². The van der Waals surface area contributed by atoms with Crippen LogP contribution in [0.3, 0.4) is 0 Å². The van der Waals surface area contributed by atoms with Gasteiger partial charge in [-0.1, -0.05) is 19.1 Å². The van der Waals surface area contributed by atoms with Crippen molar-refractivity contribution in [1.82, 2.24) is 5.32 Å². The monoisotopic (exact) mass is 396 g/mol. The summed E-state index contributed by atoms with van der Waals surface area (Å²) in [5, 5.41) is 16.6. The Bertz CT molecular complexity index is 881. The predicted octanol–water partition coefficient (Wildman–Crippen LogP) is 2.74. The van der Waals surface area contributed by atoms with Gasteiger partial charge in [-0.3, -0.25) is 19.7 Å². The highest BCUT2D eigenvalue weighted by Crippen LogP contribution is 2.25. The summed E-state index contributed by atoms with van der Waals surface area (Å²) in [6.07, 6.45) is 1.14. The zero-order valence-electron chi connectivity index (χ0n) is 16.3. The van der Waals surface area contributed by atoms with Crippen LogP contribution in [0.2, 0.25) is 0 Å². The average molecular weight is 396 g/mol. The van der Waals surface area contributed by atoms with E-state index < -0.39 is 4.92 Å². The largest absolute Gasteiger partial charge is 0.383 e. The van der Waals surface area contributed by atoms with E-state index in [0.717, 1.165) is 17.8 Å². The molecule has 1 aliphatic rings. The van der Waals surface area contributed by atoms with Crippen molar-refractivity contribution in [3.05, 3.63) is 64.2 Å².